The molecule has 0 bridgehead atoms. The lowest BCUT2D eigenvalue weighted by molar-refractivity contribution is -0.138. The van der Waals surface area contributed by atoms with E-state index < -0.39 is 5.97 Å². The Labute approximate surface area is 119 Å². The maximum absolute atomic E-state index is 12.2. The highest BCUT2D eigenvalue weighted by Crippen LogP contribution is 2.20. The summed E-state index contributed by atoms with van der Waals surface area (Å²) in [5.41, 5.74) is 0. The van der Waals surface area contributed by atoms with Crippen molar-refractivity contribution in [2.45, 2.75) is 51.1 Å². The molecule has 2 amide bonds. The summed E-state index contributed by atoms with van der Waals surface area (Å²) in [7, 11) is 0. The van der Waals surface area contributed by atoms with Gasteiger partial charge in [0.1, 0.15) is 0 Å². The molecule has 6 heteroatoms. The van der Waals surface area contributed by atoms with Gasteiger partial charge in [0, 0.05) is 24.4 Å². The maximum atomic E-state index is 12.2. The molecule has 0 aromatic heterocycles. The minimum atomic E-state index is -0.833. The summed E-state index contributed by atoms with van der Waals surface area (Å²) in [4.78, 5) is 24.8. The SMILES string of the molecule is CCC(CSC)NC(=O)N1CCCCC1CC(=O)O. The zero-order valence-corrected chi connectivity index (χ0v) is 12.5. The fourth-order valence-corrected chi connectivity index (χ4v) is 3.12. The minimum absolute atomic E-state index is 0.0484. The Bertz CT molecular complexity index is 312. The first-order valence-corrected chi connectivity index (χ1v) is 8.25. The van der Waals surface area contributed by atoms with Gasteiger partial charge in [-0.2, -0.15) is 11.8 Å². The second kappa shape index (κ2) is 8.30. The van der Waals surface area contributed by atoms with Gasteiger partial charge in [0.2, 0.25) is 0 Å². The molecule has 110 valence electrons. The molecule has 0 aliphatic carbocycles. The number of carbonyl (C=O) groups excluding carboxylic acids is 1. The number of piperidine rings is 1. The predicted molar refractivity (Wildman–Crippen MR) is 77.6 cm³/mol. The van der Waals surface area contributed by atoms with Gasteiger partial charge in [0.25, 0.3) is 0 Å². The van der Waals surface area contributed by atoms with E-state index in [0.717, 1.165) is 31.4 Å². The molecule has 1 rings (SSSR count). The summed E-state index contributed by atoms with van der Waals surface area (Å²) < 4.78 is 0. The zero-order chi connectivity index (χ0) is 14.3. The molecule has 0 saturated carbocycles. The van der Waals surface area contributed by atoms with Crippen molar-refractivity contribution in [2.24, 2.45) is 0 Å². The summed E-state index contributed by atoms with van der Waals surface area (Å²) in [5.74, 6) is 0.0560. The molecule has 2 N–H and O–H groups in total. The number of rotatable bonds is 6. The Balaban J connectivity index is 2.58. The number of thioether (sulfide) groups is 1. The average Bonchev–Trinajstić information content (AvgIpc) is 2.38. The fourth-order valence-electron chi connectivity index (χ4n) is 2.40. The van der Waals surface area contributed by atoms with Crippen molar-refractivity contribution in [1.29, 1.82) is 0 Å². The second-order valence-corrected chi connectivity index (χ2v) is 5.86. The molecular weight excluding hydrogens is 264 g/mol. The summed E-state index contributed by atoms with van der Waals surface area (Å²) in [6, 6.07) is -0.0974. The van der Waals surface area contributed by atoms with Gasteiger partial charge >= 0.3 is 12.0 Å². The van der Waals surface area contributed by atoms with Crippen LogP contribution in [-0.2, 0) is 4.79 Å². The average molecular weight is 288 g/mol. The van der Waals surface area contributed by atoms with E-state index in [2.05, 4.69) is 5.32 Å². The summed E-state index contributed by atoms with van der Waals surface area (Å²) in [5, 5.41) is 11.9. The van der Waals surface area contributed by atoms with E-state index in [1.807, 2.05) is 13.2 Å². The van der Waals surface area contributed by atoms with E-state index in [1.165, 1.54) is 0 Å². The number of carboxylic acids is 1. The van der Waals surface area contributed by atoms with Crippen LogP contribution in [-0.4, -0.2) is 52.6 Å². The third-order valence-corrected chi connectivity index (χ3v) is 4.22. The lowest BCUT2D eigenvalue weighted by Gasteiger charge is -2.36. The van der Waals surface area contributed by atoms with Gasteiger partial charge in [-0.05, 0) is 31.9 Å². The van der Waals surface area contributed by atoms with Crippen molar-refractivity contribution < 1.29 is 14.7 Å². The molecule has 5 nitrogen and oxygen atoms in total. The molecule has 1 saturated heterocycles. The van der Waals surface area contributed by atoms with Crippen molar-refractivity contribution >= 4 is 23.8 Å². The highest BCUT2D eigenvalue weighted by Gasteiger charge is 2.29. The van der Waals surface area contributed by atoms with Gasteiger partial charge in [-0.3, -0.25) is 4.79 Å². The molecule has 1 aliphatic heterocycles. The van der Waals surface area contributed by atoms with Crippen LogP contribution >= 0.6 is 11.8 Å². The molecule has 1 aliphatic rings. The maximum Gasteiger partial charge on any atom is 0.317 e. The molecule has 0 aromatic rings. The third-order valence-electron chi connectivity index (χ3n) is 3.49. The van der Waals surface area contributed by atoms with Gasteiger partial charge < -0.3 is 15.3 Å². The van der Waals surface area contributed by atoms with Gasteiger partial charge in [0.05, 0.1) is 6.42 Å². The number of amides is 2. The Morgan fingerprint density at radius 1 is 1.47 bits per heavy atom. The van der Waals surface area contributed by atoms with Crippen molar-refractivity contribution in [1.82, 2.24) is 10.2 Å². The number of nitrogens with zero attached hydrogens (tertiary/aromatic N) is 1. The van der Waals surface area contributed by atoms with E-state index in [9.17, 15) is 9.59 Å². The number of carbonyl (C=O) groups is 2. The topological polar surface area (TPSA) is 69.6 Å². The smallest absolute Gasteiger partial charge is 0.317 e. The van der Waals surface area contributed by atoms with Crippen molar-refractivity contribution in [3.8, 4) is 0 Å². The Morgan fingerprint density at radius 3 is 2.79 bits per heavy atom. The van der Waals surface area contributed by atoms with Gasteiger partial charge in [-0.25, -0.2) is 4.79 Å². The van der Waals surface area contributed by atoms with Crippen LogP contribution in [0, 0.1) is 0 Å². The molecule has 19 heavy (non-hydrogen) atoms. The van der Waals surface area contributed by atoms with Crippen molar-refractivity contribution in [3.63, 3.8) is 0 Å². The van der Waals surface area contributed by atoms with E-state index in [4.69, 9.17) is 5.11 Å². The number of likely N-dealkylation sites (tertiary alicyclic amines) is 1. The number of aliphatic carboxylic acids is 1. The third kappa shape index (κ3) is 5.30. The van der Waals surface area contributed by atoms with Crippen LogP contribution in [0.1, 0.15) is 39.0 Å². The number of urea groups is 1. The minimum Gasteiger partial charge on any atom is -0.481 e. The van der Waals surface area contributed by atoms with Crippen LogP contribution in [0.25, 0.3) is 0 Å². The van der Waals surface area contributed by atoms with Crippen LogP contribution in [0.3, 0.4) is 0 Å². The van der Waals surface area contributed by atoms with Crippen LogP contribution in [0.15, 0.2) is 0 Å². The van der Waals surface area contributed by atoms with E-state index in [-0.39, 0.29) is 24.5 Å². The standard InChI is InChI=1S/C13H24N2O3S/c1-3-10(9-19-2)14-13(18)15-7-5-4-6-11(15)8-12(16)17/h10-11H,3-9H2,1-2H3,(H,14,18)(H,16,17). The molecule has 2 unspecified atom stereocenters. The molecule has 2 atom stereocenters. The highest BCUT2D eigenvalue weighted by atomic mass is 32.2. The zero-order valence-electron chi connectivity index (χ0n) is 11.7. The highest BCUT2D eigenvalue weighted by molar-refractivity contribution is 7.98. The summed E-state index contributed by atoms with van der Waals surface area (Å²) in [6.07, 6.45) is 5.71. The molecule has 0 spiro atoms. The molecule has 0 radical (unpaired) electrons. The first-order valence-electron chi connectivity index (χ1n) is 6.86. The second-order valence-electron chi connectivity index (χ2n) is 4.95. The molecule has 1 heterocycles. The lowest BCUT2D eigenvalue weighted by atomic mass is 10.00. The van der Waals surface area contributed by atoms with Crippen molar-refractivity contribution in [2.75, 3.05) is 18.6 Å². The van der Waals surface area contributed by atoms with Gasteiger partial charge in [-0.1, -0.05) is 6.92 Å². The van der Waals surface area contributed by atoms with Crippen LogP contribution in [0.4, 0.5) is 4.79 Å². The molecule has 1 fully saturated rings. The van der Waals surface area contributed by atoms with E-state index in [1.54, 1.807) is 16.7 Å². The van der Waals surface area contributed by atoms with Gasteiger partial charge in [-0.15, -0.1) is 0 Å². The largest absolute Gasteiger partial charge is 0.481 e. The van der Waals surface area contributed by atoms with Crippen LogP contribution in [0.2, 0.25) is 0 Å². The summed E-state index contributed by atoms with van der Waals surface area (Å²) >= 11 is 1.71. The number of hydrogen-bond acceptors (Lipinski definition) is 3. The molecular formula is C13H24N2O3S. The Kier molecular flexibility index (Phi) is 7.05. The van der Waals surface area contributed by atoms with Gasteiger partial charge in [0.15, 0.2) is 0 Å². The monoisotopic (exact) mass is 288 g/mol. The van der Waals surface area contributed by atoms with Crippen LogP contribution in [0.5, 0.6) is 0 Å². The predicted octanol–water partition coefficient (Wildman–Crippen LogP) is 2.17. The Hall–Kier alpha value is -0.910. The first kappa shape index (κ1) is 16.1. The van der Waals surface area contributed by atoms with E-state index >= 15 is 0 Å². The van der Waals surface area contributed by atoms with Crippen molar-refractivity contribution in [3.05, 3.63) is 0 Å². The molecule has 0 aromatic carbocycles. The Morgan fingerprint density at radius 2 is 2.21 bits per heavy atom. The number of nitrogens with one attached hydrogen (secondary N) is 1. The number of carboxylic acid groups (broad SMARTS) is 1. The lowest BCUT2D eigenvalue weighted by Crippen LogP contribution is -2.52. The normalized spacial score (nSPS) is 20.9. The fraction of sp³-hybridized carbons (Fsp3) is 0.846. The number of hydrogen-bond donors (Lipinski definition) is 2. The summed E-state index contributed by atoms with van der Waals surface area (Å²) in [6.45, 7) is 2.71. The van der Waals surface area contributed by atoms with E-state index in [0.29, 0.717) is 6.54 Å². The first-order chi connectivity index (χ1) is 9.08. The van der Waals surface area contributed by atoms with Crippen LogP contribution < -0.4 is 5.32 Å². The quantitative estimate of drug-likeness (QED) is 0.786.